The van der Waals surface area contributed by atoms with Crippen molar-refractivity contribution in [2.75, 3.05) is 0 Å². The highest BCUT2D eigenvalue weighted by Crippen LogP contribution is 2.29. The molecule has 1 atom stereocenters. The molecule has 0 aliphatic rings. The van der Waals surface area contributed by atoms with Gasteiger partial charge >= 0.3 is 0 Å². The Morgan fingerprint density at radius 3 is 2.48 bits per heavy atom. The van der Waals surface area contributed by atoms with E-state index in [2.05, 4.69) is 10.2 Å². The third kappa shape index (κ3) is 4.91. The SMILES string of the molecule is Cc1cc(OC(C)c2nnc(SCc3ccc(Cl)c(Cl)c3)n2C)ccc1Cl. The molecule has 0 saturated heterocycles. The molecule has 0 spiro atoms. The molecule has 3 aromatic rings. The van der Waals surface area contributed by atoms with Crippen LogP contribution < -0.4 is 4.74 Å². The van der Waals surface area contributed by atoms with Gasteiger partial charge in [0.1, 0.15) is 5.75 Å². The van der Waals surface area contributed by atoms with Crippen LogP contribution >= 0.6 is 46.6 Å². The topological polar surface area (TPSA) is 39.9 Å². The van der Waals surface area contributed by atoms with Crippen molar-refractivity contribution in [3.05, 3.63) is 68.4 Å². The van der Waals surface area contributed by atoms with Crippen molar-refractivity contribution in [2.24, 2.45) is 7.05 Å². The number of rotatable bonds is 6. The van der Waals surface area contributed by atoms with Gasteiger partial charge in [-0.05, 0) is 55.3 Å². The summed E-state index contributed by atoms with van der Waals surface area (Å²) in [6.45, 7) is 3.89. The maximum atomic E-state index is 6.07. The molecule has 1 aromatic heterocycles. The summed E-state index contributed by atoms with van der Waals surface area (Å²) in [5, 5.41) is 11.2. The van der Waals surface area contributed by atoms with Gasteiger partial charge in [-0.25, -0.2) is 0 Å². The summed E-state index contributed by atoms with van der Waals surface area (Å²) in [5.74, 6) is 2.21. The van der Waals surface area contributed by atoms with Gasteiger partial charge < -0.3 is 9.30 Å². The predicted octanol–water partition coefficient (Wildman–Crippen LogP) is 6.52. The number of halogens is 3. The fraction of sp³-hybridized carbons (Fsp3) is 0.263. The zero-order valence-corrected chi connectivity index (χ0v) is 18.1. The monoisotopic (exact) mass is 441 g/mol. The van der Waals surface area contributed by atoms with Crippen molar-refractivity contribution < 1.29 is 4.74 Å². The van der Waals surface area contributed by atoms with Gasteiger partial charge in [0.2, 0.25) is 0 Å². The number of nitrogens with zero attached hydrogens (tertiary/aromatic N) is 3. The minimum atomic E-state index is -0.248. The molecule has 4 nitrogen and oxygen atoms in total. The average molecular weight is 443 g/mol. The van der Waals surface area contributed by atoms with E-state index in [4.69, 9.17) is 39.5 Å². The van der Waals surface area contributed by atoms with Gasteiger partial charge in [0.25, 0.3) is 0 Å². The second-order valence-corrected chi connectivity index (χ2v) is 8.27. The lowest BCUT2D eigenvalue weighted by molar-refractivity contribution is 0.211. The molecule has 0 aliphatic carbocycles. The lowest BCUT2D eigenvalue weighted by Crippen LogP contribution is -2.10. The first-order valence-electron chi connectivity index (χ1n) is 8.24. The summed E-state index contributed by atoms with van der Waals surface area (Å²) >= 11 is 19.7. The maximum absolute atomic E-state index is 6.07. The highest BCUT2D eigenvalue weighted by Gasteiger charge is 2.17. The van der Waals surface area contributed by atoms with Gasteiger partial charge in [0, 0.05) is 17.8 Å². The summed E-state index contributed by atoms with van der Waals surface area (Å²) in [6, 6.07) is 11.2. The highest BCUT2D eigenvalue weighted by atomic mass is 35.5. The standard InChI is InChI=1S/C19H18Cl3N3OS/c1-11-8-14(5-7-15(11)20)26-12(2)18-23-24-19(25(18)3)27-10-13-4-6-16(21)17(22)9-13/h4-9,12H,10H2,1-3H3. The summed E-state index contributed by atoms with van der Waals surface area (Å²) in [4.78, 5) is 0. The van der Waals surface area contributed by atoms with Crippen LogP contribution in [0.1, 0.15) is 30.0 Å². The molecule has 0 fully saturated rings. The van der Waals surface area contributed by atoms with Crippen LogP contribution in [0.15, 0.2) is 41.6 Å². The largest absolute Gasteiger partial charge is 0.483 e. The predicted molar refractivity (Wildman–Crippen MR) is 112 cm³/mol. The van der Waals surface area contributed by atoms with Crippen LogP contribution in [0.3, 0.4) is 0 Å². The van der Waals surface area contributed by atoms with Crippen LogP contribution in [-0.4, -0.2) is 14.8 Å². The highest BCUT2D eigenvalue weighted by molar-refractivity contribution is 7.98. The molecule has 0 aliphatic heterocycles. The normalized spacial score (nSPS) is 12.2. The molecule has 8 heteroatoms. The van der Waals surface area contributed by atoms with E-state index in [9.17, 15) is 0 Å². The number of thioether (sulfide) groups is 1. The zero-order chi connectivity index (χ0) is 19.6. The quantitative estimate of drug-likeness (QED) is 0.408. The molecule has 0 saturated carbocycles. The molecular weight excluding hydrogens is 425 g/mol. The smallest absolute Gasteiger partial charge is 0.191 e. The molecule has 2 aromatic carbocycles. The summed E-state index contributed by atoms with van der Waals surface area (Å²) in [6.07, 6.45) is -0.248. The van der Waals surface area contributed by atoms with Gasteiger partial charge in [-0.2, -0.15) is 0 Å². The molecule has 0 radical (unpaired) electrons. The minimum Gasteiger partial charge on any atom is -0.483 e. The molecular formula is C19H18Cl3N3OS. The van der Waals surface area contributed by atoms with Crippen LogP contribution in [-0.2, 0) is 12.8 Å². The van der Waals surface area contributed by atoms with Gasteiger partial charge in [0.15, 0.2) is 17.1 Å². The molecule has 1 unspecified atom stereocenters. The Kier molecular flexibility index (Phi) is 6.58. The first kappa shape index (κ1) is 20.3. The molecule has 3 rings (SSSR count). The van der Waals surface area contributed by atoms with E-state index in [0.29, 0.717) is 15.8 Å². The van der Waals surface area contributed by atoms with Gasteiger partial charge in [0.05, 0.1) is 10.0 Å². The molecule has 0 bridgehead atoms. The third-order valence-corrected chi connectivity index (χ3v) is 6.28. The molecule has 0 amide bonds. The lowest BCUT2D eigenvalue weighted by atomic mass is 10.2. The van der Waals surface area contributed by atoms with E-state index in [1.807, 2.05) is 55.8 Å². The Balaban J connectivity index is 1.68. The van der Waals surface area contributed by atoms with E-state index >= 15 is 0 Å². The summed E-state index contributed by atoms with van der Waals surface area (Å²) in [5.41, 5.74) is 2.04. The lowest BCUT2D eigenvalue weighted by Gasteiger charge is -2.15. The number of aryl methyl sites for hydroxylation is 1. The van der Waals surface area contributed by atoms with Crippen molar-refractivity contribution in [3.63, 3.8) is 0 Å². The van der Waals surface area contributed by atoms with Crippen LogP contribution in [0, 0.1) is 6.92 Å². The molecule has 142 valence electrons. The number of aromatic nitrogens is 3. The van der Waals surface area contributed by atoms with Crippen LogP contribution in [0.4, 0.5) is 0 Å². The number of ether oxygens (including phenoxy) is 1. The Bertz CT molecular complexity index is 961. The number of hydrogen-bond acceptors (Lipinski definition) is 4. The van der Waals surface area contributed by atoms with Crippen molar-refractivity contribution in [2.45, 2.75) is 30.9 Å². The first-order valence-corrected chi connectivity index (χ1v) is 10.4. The van der Waals surface area contributed by atoms with E-state index in [1.165, 1.54) is 0 Å². The maximum Gasteiger partial charge on any atom is 0.191 e. The first-order chi connectivity index (χ1) is 12.8. The Morgan fingerprint density at radius 1 is 1.04 bits per heavy atom. The van der Waals surface area contributed by atoms with Crippen molar-refractivity contribution in [1.29, 1.82) is 0 Å². The number of hydrogen-bond donors (Lipinski definition) is 0. The second kappa shape index (κ2) is 8.74. The fourth-order valence-corrected chi connectivity index (χ4v) is 3.83. The second-order valence-electron chi connectivity index (χ2n) is 6.11. The van der Waals surface area contributed by atoms with Gasteiger partial charge in [-0.15, -0.1) is 10.2 Å². The molecule has 27 heavy (non-hydrogen) atoms. The van der Waals surface area contributed by atoms with Crippen LogP contribution in [0.25, 0.3) is 0 Å². The summed E-state index contributed by atoms with van der Waals surface area (Å²) in [7, 11) is 1.93. The van der Waals surface area contributed by atoms with Gasteiger partial charge in [-0.3, -0.25) is 0 Å². The van der Waals surface area contributed by atoms with Crippen molar-refractivity contribution in [3.8, 4) is 5.75 Å². The van der Waals surface area contributed by atoms with Crippen LogP contribution in [0.5, 0.6) is 5.75 Å². The van der Waals surface area contributed by atoms with E-state index < -0.39 is 0 Å². The van der Waals surface area contributed by atoms with E-state index in [1.54, 1.807) is 17.8 Å². The Hall–Kier alpha value is -1.40. The fourth-order valence-electron chi connectivity index (χ4n) is 2.53. The Labute approximate surface area is 177 Å². The van der Waals surface area contributed by atoms with Crippen molar-refractivity contribution in [1.82, 2.24) is 14.8 Å². The Morgan fingerprint density at radius 2 is 1.78 bits per heavy atom. The van der Waals surface area contributed by atoms with E-state index in [-0.39, 0.29) is 6.10 Å². The molecule has 0 N–H and O–H groups in total. The third-order valence-electron chi connectivity index (χ3n) is 4.03. The summed E-state index contributed by atoms with van der Waals surface area (Å²) < 4.78 is 7.94. The zero-order valence-electron chi connectivity index (χ0n) is 15.0. The number of benzene rings is 2. The minimum absolute atomic E-state index is 0.248. The van der Waals surface area contributed by atoms with E-state index in [0.717, 1.165) is 32.9 Å². The van der Waals surface area contributed by atoms with Crippen LogP contribution in [0.2, 0.25) is 15.1 Å². The van der Waals surface area contributed by atoms with Gasteiger partial charge in [-0.1, -0.05) is 52.6 Å². The average Bonchev–Trinajstić information content (AvgIpc) is 3.00. The van der Waals surface area contributed by atoms with Crippen molar-refractivity contribution >= 4 is 46.6 Å². The molecule has 1 heterocycles.